The first-order chi connectivity index (χ1) is 10.4. The average molecular weight is 393 g/mol. The molecular weight excluding hydrogens is 367 g/mol. The van der Waals surface area contributed by atoms with E-state index in [1.807, 2.05) is 0 Å². The fourth-order valence-corrected chi connectivity index (χ4v) is 5.11. The third-order valence-electron chi connectivity index (χ3n) is 3.70. The normalized spacial score (nSPS) is 10.7. The van der Waals surface area contributed by atoms with Gasteiger partial charge in [-0.2, -0.15) is 0 Å². The molecule has 0 saturated carbocycles. The van der Waals surface area contributed by atoms with Gasteiger partial charge in [0, 0.05) is 5.56 Å². The van der Waals surface area contributed by atoms with Crippen LogP contribution in [0.5, 0.6) is 0 Å². The molecule has 0 saturated heterocycles. The predicted molar refractivity (Wildman–Crippen MR) is 87.4 cm³/mol. The minimum absolute atomic E-state index is 0.0251. The van der Waals surface area contributed by atoms with Gasteiger partial charge in [-0.15, -0.1) is 0 Å². The van der Waals surface area contributed by atoms with Gasteiger partial charge in [0.05, 0.1) is 0 Å². The molecule has 0 amide bonds. The highest BCUT2D eigenvalue weighted by atomic mass is 127. The van der Waals surface area contributed by atoms with Crippen molar-refractivity contribution in [1.29, 1.82) is 0 Å². The van der Waals surface area contributed by atoms with Gasteiger partial charge < -0.3 is 0 Å². The maximum atomic E-state index is 2.34. The van der Waals surface area contributed by atoms with Crippen molar-refractivity contribution in [3.05, 3.63) is 67.3 Å². The Morgan fingerprint density at radius 2 is 1.38 bits per heavy atom. The van der Waals surface area contributed by atoms with E-state index >= 15 is 0 Å². The second-order valence-corrected chi connectivity index (χ2v) is 8.45. The number of aryl methyl sites for hydroxylation is 1. The monoisotopic (exact) mass is 393 g/mol. The Hall–Kier alpha value is -0.830. The molecule has 1 heteroatoms. The second kappa shape index (κ2) is 9.99. The zero-order valence-electron chi connectivity index (χ0n) is 13.0. The van der Waals surface area contributed by atoms with Gasteiger partial charge >= 0.3 is 21.2 Å². The first kappa shape index (κ1) is 16.5. The molecule has 0 nitrogen and oxygen atoms in total. The van der Waals surface area contributed by atoms with Crippen LogP contribution < -0.4 is 21.2 Å². The molecule has 0 atom stereocenters. The van der Waals surface area contributed by atoms with Crippen LogP contribution in [0.1, 0.15) is 51.0 Å². The van der Waals surface area contributed by atoms with Gasteiger partial charge in [-0.3, -0.25) is 0 Å². The van der Waals surface area contributed by atoms with E-state index in [0.717, 1.165) is 0 Å². The topological polar surface area (TPSA) is 0 Å². The highest BCUT2D eigenvalue weighted by Crippen LogP contribution is 2.09. The van der Waals surface area contributed by atoms with Crippen LogP contribution in [0, 0.1) is 7.14 Å². The largest absolute Gasteiger partial charge is 0.358 e. The lowest BCUT2D eigenvalue weighted by Gasteiger charge is -2.02. The van der Waals surface area contributed by atoms with Gasteiger partial charge in [-0.1, -0.05) is 75.4 Å². The van der Waals surface area contributed by atoms with Crippen molar-refractivity contribution in [2.24, 2.45) is 0 Å². The van der Waals surface area contributed by atoms with Crippen LogP contribution in [0.3, 0.4) is 0 Å². The Labute approximate surface area is 140 Å². The maximum absolute atomic E-state index is 2.34. The zero-order valence-corrected chi connectivity index (χ0v) is 15.2. The summed E-state index contributed by atoms with van der Waals surface area (Å²) in [5, 5.41) is 0. The van der Waals surface area contributed by atoms with Crippen LogP contribution in [0.15, 0.2) is 54.6 Å². The third-order valence-corrected chi connectivity index (χ3v) is 6.68. The fourth-order valence-electron chi connectivity index (χ4n) is 2.48. The molecule has 0 aromatic heterocycles. The van der Waals surface area contributed by atoms with E-state index < -0.39 is 0 Å². The molecule has 0 aliphatic heterocycles. The summed E-state index contributed by atoms with van der Waals surface area (Å²) >= 11 is -0.0251. The second-order valence-electron chi connectivity index (χ2n) is 5.50. The first-order valence-corrected chi connectivity index (χ1v) is 10.3. The molecule has 0 fully saturated rings. The number of halogens is 1. The molecular formula is C20H26I+. The van der Waals surface area contributed by atoms with E-state index in [9.17, 15) is 0 Å². The summed E-state index contributed by atoms with van der Waals surface area (Å²) < 4.78 is 3.13. The van der Waals surface area contributed by atoms with Crippen molar-refractivity contribution in [2.45, 2.75) is 51.9 Å². The molecule has 2 aromatic rings. The Morgan fingerprint density at radius 1 is 0.714 bits per heavy atom. The lowest BCUT2D eigenvalue weighted by Crippen LogP contribution is -3.61. The number of rotatable bonds is 9. The molecule has 112 valence electrons. The zero-order chi connectivity index (χ0) is 14.8. The molecule has 0 radical (unpaired) electrons. The van der Waals surface area contributed by atoms with Gasteiger partial charge in [0.15, 0.2) is 7.14 Å². The summed E-state index contributed by atoms with van der Waals surface area (Å²) in [6.07, 6.45) is 9.55. The van der Waals surface area contributed by atoms with Crippen LogP contribution >= 0.6 is 0 Å². The van der Waals surface area contributed by atoms with Gasteiger partial charge in [-0.25, -0.2) is 0 Å². The van der Waals surface area contributed by atoms with E-state index in [0.29, 0.717) is 0 Å². The van der Waals surface area contributed by atoms with Gasteiger partial charge in [-0.05, 0) is 31.0 Å². The van der Waals surface area contributed by atoms with Crippen LogP contribution in [0.2, 0.25) is 0 Å². The number of hydrogen-bond acceptors (Lipinski definition) is 0. The minimum atomic E-state index is -0.0251. The SMILES string of the molecule is CCCCCCCCc1ccccc1[I+]c1ccccc1. The molecule has 0 unspecified atom stereocenters. The van der Waals surface area contributed by atoms with Gasteiger partial charge in [0.1, 0.15) is 0 Å². The van der Waals surface area contributed by atoms with E-state index in [2.05, 4.69) is 61.5 Å². The molecule has 0 N–H and O–H groups in total. The van der Waals surface area contributed by atoms with Crippen LogP contribution in [0.25, 0.3) is 0 Å². The fraction of sp³-hybridized carbons (Fsp3) is 0.400. The molecule has 0 bridgehead atoms. The Bertz CT molecular complexity index is 504. The van der Waals surface area contributed by atoms with Crippen molar-refractivity contribution in [1.82, 2.24) is 0 Å². The summed E-state index contributed by atoms with van der Waals surface area (Å²) in [6.45, 7) is 2.28. The van der Waals surface area contributed by atoms with Crippen LogP contribution in [-0.4, -0.2) is 0 Å². The van der Waals surface area contributed by atoms with Crippen LogP contribution in [0.4, 0.5) is 0 Å². The van der Waals surface area contributed by atoms with E-state index in [4.69, 9.17) is 0 Å². The molecule has 2 rings (SSSR count). The summed E-state index contributed by atoms with van der Waals surface area (Å²) in [7, 11) is 0. The van der Waals surface area contributed by atoms with E-state index in [1.165, 1.54) is 48.5 Å². The number of hydrogen-bond donors (Lipinski definition) is 0. The molecule has 0 spiro atoms. The Balaban J connectivity index is 1.85. The van der Waals surface area contributed by atoms with Crippen molar-refractivity contribution in [3.63, 3.8) is 0 Å². The van der Waals surface area contributed by atoms with E-state index in [-0.39, 0.29) is 21.2 Å². The van der Waals surface area contributed by atoms with Crippen molar-refractivity contribution < 1.29 is 21.2 Å². The molecule has 0 aliphatic rings. The Morgan fingerprint density at radius 3 is 2.19 bits per heavy atom. The maximum Gasteiger partial charge on any atom is 0.358 e. The first-order valence-electron chi connectivity index (χ1n) is 8.18. The molecule has 0 heterocycles. The van der Waals surface area contributed by atoms with Crippen molar-refractivity contribution >= 4 is 0 Å². The molecule has 2 aromatic carbocycles. The van der Waals surface area contributed by atoms with Crippen LogP contribution in [-0.2, 0) is 6.42 Å². The highest BCUT2D eigenvalue weighted by molar-refractivity contribution is 5.14. The van der Waals surface area contributed by atoms with Crippen molar-refractivity contribution in [2.75, 3.05) is 0 Å². The summed E-state index contributed by atoms with van der Waals surface area (Å²) in [4.78, 5) is 0. The molecule has 21 heavy (non-hydrogen) atoms. The van der Waals surface area contributed by atoms with Crippen molar-refractivity contribution in [3.8, 4) is 0 Å². The number of unbranched alkanes of at least 4 members (excludes halogenated alkanes) is 5. The lowest BCUT2D eigenvalue weighted by atomic mass is 10.1. The minimum Gasteiger partial charge on any atom is -0.0654 e. The predicted octanol–water partition coefficient (Wildman–Crippen LogP) is 2.72. The number of benzene rings is 2. The summed E-state index contributed by atoms with van der Waals surface area (Å²) in [5.74, 6) is 0. The highest BCUT2D eigenvalue weighted by Gasteiger charge is 2.18. The molecule has 0 aliphatic carbocycles. The summed E-state index contributed by atoms with van der Waals surface area (Å²) in [6, 6.07) is 20.0. The third kappa shape index (κ3) is 6.21. The van der Waals surface area contributed by atoms with E-state index in [1.54, 1.807) is 9.13 Å². The van der Waals surface area contributed by atoms with Gasteiger partial charge in [0.2, 0.25) is 0 Å². The lowest BCUT2D eigenvalue weighted by molar-refractivity contribution is -0.598. The quantitative estimate of drug-likeness (QED) is 0.454. The smallest absolute Gasteiger partial charge is 0.0654 e. The van der Waals surface area contributed by atoms with Gasteiger partial charge in [0.25, 0.3) is 0 Å². The Kier molecular flexibility index (Phi) is 7.87. The standard InChI is InChI=1S/C20H26I/c1-2-3-4-5-6-8-13-18-14-11-12-17-20(18)21-19-15-9-7-10-16-19/h7,9-12,14-17H,2-6,8,13H2,1H3/q+1. The average Bonchev–Trinajstić information content (AvgIpc) is 2.53. The summed E-state index contributed by atoms with van der Waals surface area (Å²) in [5.41, 5.74) is 1.59.